The van der Waals surface area contributed by atoms with E-state index < -0.39 is 0 Å². The summed E-state index contributed by atoms with van der Waals surface area (Å²) in [6.45, 7) is 14.0. The summed E-state index contributed by atoms with van der Waals surface area (Å²) in [6, 6.07) is 44.3. The maximum absolute atomic E-state index is 3.60. The van der Waals surface area contributed by atoms with Gasteiger partial charge in [0.2, 0.25) is 0 Å². The van der Waals surface area contributed by atoms with Crippen molar-refractivity contribution >= 4 is 37.1 Å². The second-order valence-electron chi connectivity index (χ2n) is 8.51. The molecule has 4 rings (SSSR count). The van der Waals surface area contributed by atoms with Gasteiger partial charge in [-0.1, -0.05) is 134 Å². The standard InChI is InChI=1S/C27H26P2.C5H9.C4H7.Pt/c1-5-14-24(15-6-1)28(25-16-7-2-8-17-25)22-13-23-29(26-18-9-3-10-19-26)27-20-11-4-12-21-27;1-3-5-4-2;1-3-4-2;/h1-12,14-21H,13,22-23H2;3H,1-2,4-5H2;3H,1-2,4H2;/q;2*-1;+2. The molecule has 206 valence electrons. The van der Waals surface area contributed by atoms with Gasteiger partial charge in [0.15, 0.2) is 0 Å². The molecule has 0 bridgehead atoms. The van der Waals surface area contributed by atoms with Crippen molar-refractivity contribution in [2.24, 2.45) is 0 Å². The predicted molar refractivity (Wildman–Crippen MR) is 177 cm³/mol. The Morgan fingerprint density at radius 3 is 0.974 bits per heavy atom. The van der Waals surface area contributed by atoms with Gasteiger partial charge >= 0.3 is 21.1 Å². The molecule has 0 fully saturated rings. The second kappa shape index (κ2) is 22.7. The topological polar surface area (TPSA) is 0 Å². The zero-order chi connectivity index (χ0) is 27.3. The van der Waals surface area contributed by atoms with Gasteiger partial charge in [0.05, 0.1) is 0 Å². The molecule has 0 N–H and O–H groups in total. The fraction of sp³-hybridized carbons (Fsp3) is 0.167. The molecule has 0 heterocycles. The Labute approximate surface area is 255 Å². The number of rotatable bonds is 11. The van der Waals surface area contributed by atoms with Gasteiger partial charge in [-0.3, -0.25) is 0 Å². The van der Waals surface area contributed by atoms with Crippen molar-refractivity contribution in [2.75, 3.05) is 12.3 Å². The number of unbranched alkanes of at least 4 members (excludes halogenated alkanes) is 1. The number of benzene rings is 4. The normalized spacial score (nSPS) is 9.85. The van der Waals surface area contributed by atoms with Gasteiger partial charge in [0.1, 0.15) is 0 Å². The first-order valence-electron chi connectivity index (χ1n) is 13.3. The van der Waals surface area contributed by atoms with Crippen molar-refractivity contribution in [3.8, 4) is 0 Å². The van der Waals surface area contributed by atoms with Crippen molar-refractivity contribution in [2.45, 2.75) is 25.7 Å². The zero-order valence-corrected chi connectivity index (χ0v) is 27.0. The molecule has 0 atom stereocenters. The molecule has 39 heavy (non-hydrogen) atoms. The molecule has 0 aliphatic carbocycles. The number of hydrogen-bond acceptors (Lipinski definition) is 0. The molecule has 4 aromatic rings. The molecule has 0 amide bonds. The minimum atomic E-state index is -0.309. The van der Waals surface area contributed by atoms with Crippen LogP contribution in [0, 0.1) is 13.8 Å². The molecule has 0 spiro atoms. The van der Waals surface area contributed by atoms with Gasteiger partial charge in [-0.15, -0.1) is 19.2 Å². The molecule has 3 heteroatoms. The average Bonchev–Trinajstić information content (AvgIpc) is 3.00. The van der Waals surface area contributed by atoms with E-state index in [1.54, 1.807) is 6.08 Å². The van der Waals surface area contributed by atoms with Crippen LogP contribution in [0.15, 0.2) is 147 Å². The Bertz CT molecular complexity index is 954. The van der Waals surface area contributed by atoms with E-state index in [9.17, 15) is 0 Å². The summed E-state index contributed by atoms with van der Waals surface area (Å²) < 4.78 is 0. The second-order valence-corrected chi connectivity index (χ2v) is 13.2. The van der Waals surface area contributed by atoms with Gasteiger partial charge in [-0.05, 0) is 55.8 Å². The summed E-state index contributed by atoms with van der Waals surface area (Å²) in [5, 5.41) is 5.94. The summed E-state index contributed by atoms with van der Waals surface area (Å²) in [5.41, 5.74) is 0. The molecule has 0 radical (unpaired) electrons. The zero-order valence-electron chi connectivity index (χ0n) is 23.0. The van der Waals surface area contributed by atoms with Crippen molar-refractivity contribution in [3.05, 3.63) is 160 Å². The van der Waals surface area contributed by atoms with Crippen molar-refractivity contribution in [3.63, 3.8) is 0 Å². The fourth-order valence-corrected chi connectivity index (χ4v) is 8.73. The largest absolute Gasteiger partial charge is 2.00 e. The molecule has 0 saturated carbocycles. The van der Waals surface area contributed by atoms with Crippen LogP contribution < -0.4 is 21.2 Å². The summed E-state index contributed by atoms with van der Waals surface area (Å²) in [4.78, 5) is 0. The van der Waals surface area contributed by atoms with Crippen molar-refractivity contribution in [1.29, 1.82) is 0 Å². The quantitative estimate of drug-likeness (QED) is 0.0823. The van der Waals surface area contributed by atoms with E-state index >= 15 is 0 Å². The summed E-state index contributed by atoms with van der Waals surface area (Å²) in [6.07, 6.45) is 10.2. The van der Waals surface area contributed by atoms with Crippen LogP contribution in [0.25, 0.3) is 0 Å². The smallest absolute Gasteiger partial charge is 0.343 e. The van der Waals surface area contributed by atoms with Crippen LogP contribution in [0.5, 0.6) is 0 Å². The van der Waals surface area contributed by atoms with Gasteiger partial charge in [0, 0.05) is 0 Å². The van der Waals surface area contributed by atoms with E-state index in [0.717, 1.165) is 19.3 Å². The van der Waals surface area contributed by atoms with Crippen LogP contribution in [0.4, 0.5) is 0 Å². The third-order valence-electron chi connectivity index (χ3n) is 5.65. The van der Waals surface area contributed by atoms with Crippen LogP contribution in [0.3, 0.4) is 0 Å². The van der Waals surface area contributed by atoms with Gasteiger partial charge in [0.25, 0.3) is 0 Å². The van der Waals surface area contributed by atoms with E-state index in [0.29, 0.717) is 0 Å². The first-order chi connectivity index (χ1) is 18.7. The van der Waals surface area contributed by atoms with Crippen LogP contribution in [-0.2, 0) is 21.1 Å². The number of allylic oxidation sites excluding steroid dienone is 2. The van der Waals surface area contributed by atoms with Gasteiger partial charge in [-0.2, -0.15) is 12.8 Å². The van der Waals surface area contributed by atoms with Crippen LogP contribution in [0.2, 0.25) is 0 Å². The molecular formula is C36H42P2Pt. The maximum Gasteiger partial charge on any atom is 2.00 e. The minimum Gasteiger partial charge on any atom is -0.343 e. The summed E-state index contributed by atoms with van der Waals surface area (Å²) in [7, 11) is -0.618. The van der Waals surface area contributed by atoms with E-state index in [-0.39, 0.29) is 36.9 Å². The summed E-state index contributed by atoms with van der Waals surface area (Å²) >= 11 is 0. The molecule has 0 aliphatic heterocycles. The average molecular weight is 732 g/mol. The van der Waals surface area contributed by atoms with Crippen LogP contribution >= 0.6 is 15.8 Å². The fourth-order valence-electron chi connectivity index (χ4n) is 3.78. The summed E-state index contributed by atoms with van der Waals surface area (Å²) in [5.74, 6) is 0. The third-order valence-corrected chi connectivity index (χ3v) is 10.9. The van der Waals surface area contributed by atoms with E-state index in [1.165, 1.54) is 40.0 Å². The molecule has 0 nitrogen and oxygen atoms in total. The van der Waals surface area contributed by atoms with Crippen LogP contribution in [-0.4, -0.2) is 12.3 Å². The molecule has 4 aromatic carbocycles. The van der Waals surface area contributed by atoms with Crippen molar-refractivity contribution in [1.82, 2.24) is 0 Å². The predicted octanol–water partition coefficient (Wildman–Crippen LogP) is 8.82. The van der Waals surface area contributed by atoms with E-state index in [1.807, 2.05) is 6.08 Å². The molecule has 0 aromatic heterocycles. The molecule has 0 saturated heterocycles. The van der Waals surface area contributed by atoms with Gasteiger partial charge in [-0.25, -0.2) is 0 Å². The van der Waals surface area contributed by atoms with E-state index in [2.05, 4.69) is 148 Å². The number of hydrogen-bond donors (Lipinski definition) is 0. The van der Waals surface area contributed by atoms with Crippen molar-refractivity contribution < 1.29 is 21.1 Å². The first kappa shape index (κ1) is 34.9. The SMILES string of the molecule is C=CCC[CH2-].C=CC[CH2-].[Pt+2].c1ccc(P(CCCP(c2ccccc2)c2ccccc2)c2ccccc2)cc1. The Morgan fingerprint density at radius 1 is 0.513 bits per heavy atom. The Kier molecular flexibility index (Phi) is 20.3. The molecular weight excluding hydrogens is 689 g/mol. The van der Waals surface area contributed by atoms with Crippen LogP contribution in [0.1, 0.15) is 25.7 Å². The third kappa shape index (κ3) is 13.7. The minimum absolute atomic E-state index is 0. The Balaban J connectivity index is 0.000000664. The first-order valence-corrected chi connectivity index (χ1v) is 16.4. The maximum atomic E-state index is 3.60. The monoisotopic (exact) mass is 731 g/mol. The molecule has 0 unspecified atom stereocenters. The van der Waals surface area contributed by atoms with E-state index in [4.69, 9.17) is 0 Å². The Hall–Kier alpha value is -2.09. The van der Waals surface area contributed by atoms with Gasteiger partial charge < -0.3 is 13.8 Å². The molecule has 0 aliphatic rings. The Morgan fingerprint density at radius 2 is 0.795 bits per heavy atom.